The molecule has 0 saturated carbocycles. The van der Waals surface area contributed by atoms with Gasteiger partial charge in [0.1, 0.15) is 23.6 Å². The molecule has 3 aromatic carbocycles. The molecule has 172 valence electrons. The van der Waals surface area contributed by atoms with Crippen LogP contribution >= 0.6 is 0 Å². The summed E-state index contributed by atoms with van der Waals surface area (Å²) in [7, 11) is 0. The normalized spacial score (nSPS) is 11.7. The molecule has 2 heterocycles. The third kappa shape index (κ3) is 3.94. The van der Waals surface area contributed by atoms with Gasteiger partial charge < -0.3 is 19.4 Å². The van der Waals surface area contributed by atoms with Crippen LogP contribution in [0.3, 0.4) is 0 Å². The number of aryl methyl sites for hydroxylation is 1. The van der Waals surface area contributed by atoms with E-state index in [1.54, 1.807) is 6.07 Å². The lowest BCUT2D eigenvalue weighted by Crippen LogP contribution is -2.05. The summed E-state index contributed by atoms with van der Waals surface area (Å²) >= 11 is 0. The van der Waals surface area contributed by atoms with Crippen LogP contribution in [0.1, 0.15) is 48.3 Å². The second-order valence-electron chi connectivity index (χ2n) is 8.83. The Morgan fingerprint density at radius 1 is 0.912 bits per heavy atom. The second kappa shape index (κ2) is 8.93. The van der Waals surface area contributed by atoms with E-state index in [9.17, 15) is 10.2 Å². The Labute approximate surface area is 198 Å². The van der Waals surface area contributed by atoms with Crippen LogP contribution in [0.15, 0.2) is 77.2 Å². The minimum Gasteiger partial charge on any atom is -0.488 e. The van der Waals surface area contributed by atoms with Crippen LogP contribution in [0.25, 0.3) is 33.3 Å². The van der Waals surface area contributed by atoms with Crippen molar-refractivity contribution in [2.45, 2.75) is 39.6 Å². The third-order valence-corrected chi connectivity index (χ3v) is 6.20. The van der Waals surface area contributed by atoms with Crippen molar-refractivity contribution in [2.75, 3.05) is 0 Å². The smallest absolute Gasteiger partial charge is 0.179 e. The Morgan fingerprint density at radius 2 is 1.65 bits per heavy atom. The molecular formula is C29H27NO4. The number of para-hydroxylation sites is 1. The molecular weight excluding hydrogens is 426 g/mol. The number of benzene rings is 3. The molecule has 0 spiro atoms. The van der Waals surface area contributed by atoms with Crippen molar-refractivity contribution in [3.05, 3.63) is 95.1 Å². The molecule has 0 bridgehead atoms. The molecule has 5 nitrogen and oxygen atoms in total. The van der Waals surface area contributed by atoms with Crippen LogP contribution in [0, 0.1) is 6.92 Å². The molecule has 0 radical (unpaired) electrons. The topological polar surface area (TPSA) is 75.7 Å². The number of fused-ring (bicyclic) bond motifs is 2. The molecule has 0 saturated heterocycles. The lowest BCUT2D eigenvalue weighted by atomic mass is 9.95. The minimum atomic E-state index is -1.70. The summed E-state index contributed by atoms with van der Waals surface area (Å²) in [5.74, 6) is 1.36. The lowest BCUT2D eigenvalue weighted by Gasteiger charge is -2.18. The van der Waals surface area contributed by atoms with Gasteiger partial charge in [-0.05, 0) is 42.2 Å². The molecule has 5 heteroatoms. The molecule has 0 atom stereocenters. The quantitative estimate of drug-likeness (QED) is 0.282. The first-order valence-corrected chi connectivity index (χ1v) is 11.4. The first kappa shape index (κ1) is 22.1. The maximum absolute atomic E-state index is 10.4. The number of hydrogen-bond acceptors (Lipinski definition) is 5. The molecule has 0 aliphatic carbocycles. The number of aromatic nitrogens is 1. The van der Waals surface area contributed by atoms with Gasteiger partial charge in [-0.25, -0.2) is 4.98 Å². The summed E-state index contributed by atoms with van der Waals surface area (Å²) in [6.45, 7) is 6.54. The van der Waals surface area contributed by atoms with Gasteiger partial charge >= 0.3 is 0 Å². The average molecular weight is 454 g/mol. The Hall–Kier alpha value is -3.67. The van der Waals surface area contributed by atoms with E-state index in [2.05, 4.69) is 13.8 Å². The summed E-state index contributed by atoms with van der Waals surface area (Å²) in [4.78, 5) is 4.99. The number of aliphatic hydroxyl groups is 2. The highest BCUT2D eigenvalue weighted by Gasteiger charge is 2.22. The number of aliphatic hydroxyl groups excluding tert-OH is 1. The van der Waals surface area contributed by atoms with Gasteiger partial charge in [-0.2, -0.15) is 0 Å². The average Bonchev–Trinajstić information content (AvgIpc) is 3.18. The first-order valence-electron chi connectivity index (χ1n) is 11.4. The van der Waals surface area contributed by atoms with Crippen molar-refractivity contribution in [1.82, 2.24) is 4.98 Å². The molecule has 2 N–H and O–H groups in total. The predicted molar refractivity (Wildman–Crippen MR) is 134 cm³/mol. The Bertz CT molecular complexity index is 1470. The van der Waals surface area contributed by atoms with Crippen LogP contribution in [0.5, 0.6) is 5.75 Å². The molecule has 0 amide bonds. The third-order valence-electron chi connectivity index (χ3n) is 6.20. The van der Waals surface area contributed by atoms with Gasteiger partial charge in [0.05, 0.1) is 10.9 Å². The summed E-state index contributed by atoms with van der Waals surface area (Å²) in [6, 6.07) is 23.3. The molecule has 5 rings (SSSR count). The minimum absolute atomic E-state index is 0.175. The van der Waals surface area contributed by atoms with Gasteiger partial charge in [0.15, 0.2) is 12.1 Å². The van der Waals surface area contributed by atoms with E-state index in [0.717, 1.165) is 27.7 Å². The fraction of sp³-hybridized carbons (Fsp3) is 0.207. The fourth-order valence-corrected chi connectivity index (χ4v) is 4.42. The number of furan rings is 1. The summed E-state index contributed by atoms with van der Waals surface area (Å²) in [5, 5.41) is 22.4. The van der Waals surface area contributed by atoms with E-state index >= 15 is 0 Å². The SMILES string of the molecule is Cc1c(-c2cc(C(O)O)c3c(OCc4ccccc4)ccc(C(C)C)c3n2)oc2ccccc12. The van der Waals surface area contributed by atoms with Crippen molar-refractivity contribution >= 4 is 21.9 Å². The molecule has 0 aliphatic heterocycles. The summed E-state index contributed by atoms with van der Waals surface area (Å²) in [5.41, 5.74) is 5.34. The zero-order chi connectivity index (χ0) is 23.8. The number of nitrogens with zero attached hydrogens (tertiary/aromatic N) is 1. The Kier molecular flexibility index (Phi) is 5.82. The van der Waals surface area contributed by atoms with E-state index in [0.29, 0.717) is 40.3 Å². The second-order valence-corrected chi connectivity index (χ2v) is 8.83. The van der Waals surface area contributed by atoms with Gasteiger partial charge in [-0.15, -0.1) is 0 Å². The van der Waals surface area contributed by atoms with Crippen molar-refractivity contribution < 1.29 is 19.4 Å². The van der Waals surface area contributed by atoms with Crippen LogP contribution < -0.4 is 4.74 Å². The van der Waals surface area contributed by atoms with Gasteiger partial charge in [0, 0.05) is 16.5 Å². The Morgan fingerprint density at radius 3 is 2.35 bits per heavy atom. The molecule has 34 heavy (non-hydrogen) atoms. The molecule has 0 unspecified atom stereocenters. The number of pyridine rings is 1. The van der Waals surface area contributed by atoms with Crippen LogP contribution in [0.2, 0.25) is 0 Å². The van der Waals surface area contributed by atoms with Crippen molar-refractivity contribution in [3.63, 3.8) is 0 Å². The van der Waals surface area contributed by atoms with Crippen LogP contribution in [-0.2, 0) is 6.61 Å². The number of hydrogen-bond donors (Lipinski definition) is 2. The standard InChI is InChI=1S/C29H27NO4/c1-17(2)20-13-14-25(33-16-19-9-5-4-6-10-19)26-22(29(31)32)15-23(30-27(20)26)28-18(3)21-11-7-8-12-24(21)34-28/h4-15,17,29,31-32H,16H2,1-3H3. The lowest BCUT2D eigenvalue weighted by molar-refractivity contribution is -0.0414. The zero-order valence-electron chi connectivity index (χ0n) is 19.4. The number of rotatable bonds is 6. The van der Waals surface area contributed by atoms with Crippen molar-refractivity contribution in [3.8, 4) is 17.2 Å². The van der Waals surface area contributed by atoms with Crippen molar-refractivity contribution in [2.24, 2.45) is 0 Å². The van der Waals surface area contributed by atoms with Crippen LogP contribution in [0.4, 0.5) is 0 Å². The molecule has 2 aromatic heterocycles. The monoisotopic (exact) mass is 453 g/mol. The molecule has 5 aromatic rings. The largest absolute Gasteiger partial charge is 0.488 e. The first-order chi connectivity index (χ1) is 16.4. The highest BCUT2D eigenvalue weighted by Crippen LogP contribution is 2.40. The van der Waals surface area contributed by atoms with E-state index in [-0.39, 0.29) is 5.92 Å². The van der Waals surface area contributed by atoms with Gasteiger partial charge in [0.25, 0.3) is 0 Å². The maximum atomic E-state index is 10.4. The highest BCUT2D eigenvalue weighted by atomic mass is 16.5. The van der Waals surface area contributed by atoms with Gasteiger partial charge in [-0.1, -0.05) is 68.4 Å². The van der Waals surface area contributed by atoms with E-state index < -0.39 is 6.29 Å². The zero-order valence-corrected chi connectivity index (χ0v) is 19.4. The molecule has 0 aliphatic rings. The van der Waals surface area contributed by atoms with E-state index in [4.69, 9.17) is 14.1 Å². The maximum Gasteiger partial charge on any atom is 0.179 e. The van der Waals surface area contributed by atoms with Crippen molar-refractivity contribution in [1.29, 1.82) is 0 Å². The Balaban J connectivity index is 1.72. The predicted octanol–water partition coefficient (Wildman–Crippen LogP) is 6.64. The fourth-order valence-electron chi connectivity index (χ4n) is 4.42. The summed E-state index contributed by atoms with van der Waals surface area (Å²) < 4.78 is 12.3. The molecule has 0 fully saturated rings. The van der Waals surface area contributed by atoms with E-state index in [1.807, 2.05) is 73.7 Å². The van der Waals surface area contributed by atoms with E-state index in [1.165, 1.54) is 0 Å². The van der Waals surface area contributed by atoms with Crippen LogP contribution in [-0.4, -0.2) is 15.2 Å². The van der Waals surface area contributed by atoms with Gasteiger partial charge in [-0.3, -0.25) is 0 Å². The highest BCUT2D eigenvalue weighted by molar-refractivity contribution is 5.94. The number of ether oxygens (including phenoxy) is 1. The van der Waals surface area contributed by atoms with Gasteiger partial charge in [0.2, 0.25) is 0 Å². The summed E-state index contributed by atoms with van der Waals surface area (Å²) in [6.07, 6.45) is -1.70.